The summed E-state index contributed by atoms with van der Waals surface area (Å²) in [6.07, 6.45) is 0.454. The number of aliphatic hydroxyl groups is 1. The van der Waals surface area contributed by atoms with E-state index in [4.69, 9.17) is 27.9 Å². The molecule has 1 heterocycles. The van der Waals surface area contributed by atoms with E-state index in [0.717, 1.165) is 6.07 Å². The van der Waals surface area contributed by atoms with Crippen LogP contribution >= 0.6 is 23.2 Å². The summed E-state index contributed by atoms with van der Waals surface area (Å²) >= 11 is 11.9. The Kier molecular flexibility index (Phi) is 8.91. The van der Waals surface area contributed by atoms with Crippen molar-refractivity contribution < 1.29 is 27.4 Å². The van der Waals surface area contributed by atoms with E-state index in [0.29, 0.717) is 35.0 Å². The van der Waals surface area contributed by atoms with Gasteiger partial charge in [0, 0.05) is 22.3 Å². The first-order chi connectivity index (χ1) is 15.7. The maximum atomic E-state index is 13.3. The molecule has 2 aromatic rings. The summed E-state index contributed by atoms with van der Waals surface area (Å²) in [4.78, 5) is 12.2. The first-order valence-electron chi connectivity index (χ1n) is 10.2. The van der Waals surface area contributed by atoms with Crippen LogP contribution in [0.25, 0.3) is 0 Å². The number of aliphatic hydroxyl groups excluding tert-OH is 1. The molecule has 0 unspecified atom stereocenters. The van der Waals surface area contributed by atoms with Gasteiger partial charge in [-0.15, -0.1) is 0 Å². The Labute approximate surface area is 201 Å². The van der Waals surface area contributed by atoms with Crippen LogP contribution in [-0.2, 0) is 14.8 Å². The van der Waals surface area contributed by atoms with Gasteiger partial charge >= 0.3 is 6.03 Å². The van der Waals surface area contributed by atoms with Gasteiger partial charge in [-0.2, -0.15) is 0 Å². The number of halogens is 3. The van der Waals surface area contributed by atoms with Crippen molar-refractivity contribution in [2.24, 2.45) is 0 Å². The number of rotatable bonds is 8. The largest absolute Gasteiger partial charge is 0.394 e. The van der Waals surface area contributed by atoms with Crippen molar-refractivity contribution in [1.82, 2.24) is 10.0 Å². The van der Waals surface area contributed by atoms with E-state index < -0.39 is 34.0 Å². The minimum Gasteiger partial charge on any atom is -0.394 e. The summed E-state index contributed by atoms with van der Waals surface area (Å²) in [5.41, 5.74) is 0.422. The van der Waals surface area contributed by atoms with Gasteiger partial charge in [0.05, 0.1) is 23.6 Å². The zero-order chi connectivity index (χ0) is 24.0. The first kappa shape index (κ1) is 25.7. The van der Waals surface area contributed by atoms with Crippen LogP contribution in [0.2, 0.25) is 10.0 Å². The quantitative estimate of drug-likeness (QED) is 0.425. The summed E-state index contributed by atoms with van der Waals surface area (Å²) in [7, 11) is -3.84. The molecule has 1 aliphatic heterocycles. The van der Waals surface area contributed by atoms with E-state index in [9.17, 15) is 22.7 Å². The fourth-order valence-corrected chi connectivity index (χ4v) is 5.15. The summed E-state index contributed by atoms with van der Waals surface area (Å²) in [6, 6.07) is 8.45. The molecule has 1 fully saturated rings. The highest BCUT2D eigenvalue weighted by Crippen LogP contribution is 2.24. The van der Waals surface area contributed by atoms with Crippen LogP contribution in [0.4, 0.5) is 14.9 Å². The Morgan fingerprint density at radius 3 is 2.55 bits per heavy atom. The Hall–Kier alpha value is -1.95. The first-order valence-corrected chi connectivity index (χ1v) is 12.5. The third-order valence-corrected chi connectivity index (χ3v) is 6.99. The number of hydrogen-bond acceptors (Lipinski definition) is 5. The normalized spacial score (nSPS) is 20.9. The molecule has 2 aromatic carbocycles. The highest BCUT2D eigenvalue weighted by atomic mass is 35.5. The summed E-state index contributed by atoms with van der Waals surface area (Å²) in [5, 5.41) is 15.9. The molecule has 1 aliphatic rings. The van der Waals surface area contributed by atoms with Crippen LogP contribution in [0.5, 0.6) is 0 Å². The zero-order valence-corrected chi connectivity index (χ0v) is 19.8. The molecule has 0 radical (unpaired) electrons. The Bertz CT molecular complexity index is 1070. The van der Waals surface area contributed by atoms with Crippen molar-refractivity contribution >= 4 is 44.9 Å². The number of urea groups is 1. The van der Waals surface area contributed by atoms with Gasteiger partial charge in [-0.05, 0) is 55.7 Å². The highest BCUT2D eigenvalue weighted by Gasteiger charge is 2.32. The van der Waals surface area contributed by atoms with Gasteiger partial charge in [0.15, 0.2) is 0 Å². The van der Waals surface area contributed by atoms with Crippen molar-refractivity contribution in [3.63, 3.8) is 0 Å². The smallest absolute Gasteiger partial charge is 0.319 e. The van der Waals surface area contributed by atoms with E-state index in [2.05, 4.69) is 15.4 Å². The van der Waals surface area contributed by atoms with Gasteiger partial charge in [-0.1, -0.05) is 29.3 Å². The molecular weight excluding hydrogens is 496 g/mol. The number of carbonyl (C=O) groups is 1. The molecule has 2 amide bonds. The van der Waals surface area contributed by atoms with E-state index in [1.165, 1.54) is 18.2 Å². The van der Waals surface area contributed by atoms with Gasteiger partial charge in [-0.25, -0.2) is 22.3 Å². The minimum atomic E-state index is -3.84. The lowest BCUT2D eigenvalue weighted by Gasteiger charge is -2.36. The van der Waals surface area contributed by atoms with E-state index in [-0.39, 0.29) is 24.2 Å². The third kappa shape index (κ3) is 7.53. The monoisotopic (exact) mass is 519 g/mol. The molecule has 3 atom stereocenters. The van der Waals surface area contributed by atoms with Gasteiger partial charge in [-0.3, -0.25) is 0 Å². The molecule has 1 saturated heterocycles. The van der Waals surface area contributed by atoms with Gasteiger partial charge < -0.3 is 20.5 Å². The SMILES string of the molecule is O=C(Nc1cc(Cl)cc(Cl)c1)N[C@@H]1CC[C@H](CCNS(=O)(=O)c2cccc(F)c2)O[C@H]1CO. The predicted octanol–water partition coefficient (Wildman–Crippen LogP) is 3.53. The summed E-state index contributed by atoms with van der Waals surface area (Å²) in [5.74, 6) is -0.639. The van der Waals surface area contributed by atoms with Gasteiger partial charge in [0.1, 0.15) is 11.9 Å². The van der Waals surface area contributed by atoms with Crippen molar-refractivity contribution in [2.45, 2.75) is 42.4 Å². The zero-order valence-electron chi connectivity index (χ0n) is 17.4. The third-order valence-electron chi connectivity index (χ3n) is 5.10. The van der Waals surface area contributed by atoms with E-state index in [1.54, 1.807) is 18.2 Å². The number of benzene rings is 2. The molecule has 0 aromatic heterocycles. The van der Waals surface area contributed by atoms with Crippen LogP contribution < -0.4 is 15.4 Å². The molecule has 8 nitrogen and oxygen atoms in total. The minimum absolute atomic E-state index is 0.0791. The summed E-state index contributed by atoms with van der Waals surface area (Å²) < 4.78 is 46.1. The van der Waals surface area contributed by atoms with Crippen LogP contribution in [0.3, 0.4) is 0 Å². The van der Waals surface area contributed by atoms with Crippen molar-refractivity contribution in [3.05, 3.63) is 58.3 Å². The summed E-state index contributed by atoms with van der Waals surface area (Å²) in [6.45, 7) is -0.241. The van der Waals surface area contributed by atoms with Crippen molar-refractivity contribution in [3.8, 4) is 0 Å². The number of anilines is 1. The van der Waals surface area contributed by atoms with Crippen molar-refractivity contribution in [1.29, 1.82) is 0 Å². The number of amides is 2. The second-order valence-electron chi connectivity index (χ2n) is 7.56. The maximum Gasteiger partial charge on any atom is 0.319 e. The molecule has 0 aliphatic carbocycles. The lowest BCUT2D eigenvalue weighted by molar-refractivity contribution is -0.0884. The Morgan fingerprint density at radius 1 is 1.15 bits per heavy atom. The molecule has 180 valence electrons. The van der Waals surface area contributed by atoms with Crippen LogP contribution in [0.1, 0.15) is 19.3 Å². The van der Waals surface area contributed by atoms with Gasteiger partial charge in [0.25, 0.3) is 0 Å². The lowest BCUT2D eigenvalue weighted by Crippen LogP contribution is -2.52. The molecule has 0 saturated carbocycles. The fourth-order valence-electron chi connectivity index (χ4n) is 3.54. The van der Waals surface area contributed by atoms with Crippen molar-refractivity contribution in [2.75, 3.05) is 18.5 Å². The maximum absolute atomic E-state index is 13.3. The number of nitrogens with one attached hydrogen (secondary N) is 3. The number of hydrogen-bond donors (Lipinski definition) is 4. The van der Waals surface area contributed by atoms with Crippen LogP contribution in [0, 0.1) is 5.82 Å². The van der Waals surface area contributed by atoms with Gasteiger partial charge in [0.2, 0.25) is 10.0 Å². The molecule has 0 spiro atoms. The topological polar surface area (TPSA) is 117 Å². The number of sulfonamides is 1. The lowest BCUT2D eigenvalue weighted by atomic mass is 9.97. The second-order valence-corrected chi connectivity index (χ2v) is 10.2. The Morgan fingerprint density at radius 2 is 1.88 bits per heavy atom. The molecular formula is C21H24Cl2FN3O5S. The highest BCUT2D eigenvalue weighted by molar-refractivity contribution is 7.89. The van der Waals surface area contributed by atoms with E-state index >= 15 is 0 Å². The standard InChI is InChI=1S/C21H24Cl2FN3O5S/c22-13-8-14(23)10-16(9-13)26-21(29)27-19-5-4-17(32-20(19)12-28)6-7-25-33(30,31)18-3-1-2-15(24)11-18/h1-3,8-11,17,19-20,25,28H,4-7,12H2,(H2,26,27,29)/t17-,19-,20+/m1/s1. The average molecular weight is 520 g/mol. The average Bonchev–Trinajstić information content (AvgIpc) is 2.73. The fraction of sp³-hybridized carbons (Fsp3) is 0.381. The number of ether oxygens (including phenoxy) is 1. The Balaban J connectivity index is 1.48. The predicted molar refractivity (Wildman–Crippen MR) is 124 cm³/mol. The van der Waals surface area contributed by atoms with Crippen LogP contribution in [-0.4, -0.2) is 51.0 Å². The molecule has 3 rings (SSSR count). The second kappa shape index (κ2) is 11.5. The molecule has 33 heavy (non-hydrogen) atoms. The van der Waals surface area contributed by atoms with Crippen LogP contribution in [0.15, 0.2) is 47.4 Å². The van der Waals surface area contributed by atoms with E-state index in [1.807, 2.05) is 0 Å². The number of carbonyl (C=O) groups excluding carboxylic acids is 1. The molecule has 4 N–H and O–H groups in total. The molecule has 0 bridgehead atoms. The molecule has 12 heteroatoms.